The first-order valence-electron chi connectivity index (χ1n) is 7.51. The lowest BCUT2D eigenvalue weighted by Crippen LogP contribution is -2.26. The summed E-state index contributed by atoms with van der Waals surface area (Å²) in [4.78, 5) is 21.8. The van der Waals surface area contributed by atoms with Gasteiger partial charge in [0, 0.05) is 6.20 Å². The Hall–Kier alpha value is -2.49. The highest BCUT2D eigenvalue weighted by Crippen LogP contribution is 2.22. The van der Waals surface area contributed by atoms with Gasteiger partial charge in [-0.1, -0.05) is 19.1 Å². The molecule has 0 bridgehead atoms. The van der Waals surface area contributed by atoms with E-state index in [4.69, 9.17) is 0 Å². The monoisotopic (exact) mass is 293 g/mol. The molecule has 0 saturated carbocycles. The SMILES string of the molecule is CCC(c1ncccc1C)n1cnc2cc(C)ccc2c1=O. The number of hydrogen-bond donors (Lipinski definition) is 0. The van der Waals surface area contributed by atoms with Crippen molar-refractivity contribution in [3.63, 3.8) is 0 Å². The van der Waals surface area contributed by atoms with Crippen LogP contribution in [0.5, 0.6) is 0 Å². The molecule has 2 heterocycles. The molecule has 4 heteroatoms. The smallest absolute Gasteiger partial charge is 0.261 e. The van der Waals surface area contributed by atoms with Gasteiger partial charge in [-0.2, -0.15) is 0 Å². The van der Waals surface area contributed by atoms with Crippen molar-refractivity contribution < 1.29 is 0 Å². The molecule has 0 saturated heterocycles. The van der Waals surface area contributed by atoms with E-state index in [-0.39, 0.29) is 11.6 Å². The normalized spacial score (nSPS) is 12.5. The van der Waals surface area contributed by atoms with E-state index in [1.807, 2.05) is 44.2 Å². The van der Waals surface area contributed by atoms with Crippen molar-refractivity contribution in [1.29, 1.82) is 0 Å². The lowest BCUT2D eigenvalue weighted by Gasteiger charge is -2.19. The first-order chi connectivity index (χ1) is 10.6. The Morgan fingerprint density at radius 2 is 2.00 bits per heavy atom. The summed E-state index contributed by atoms with van der Waals surface area (Å²) >= 11 is 0. The highest BCUT2D eigenvalue weighted by molar-refractivity contribution is 5.77. The first kappa shape index (κ1) is 14.4. The summed E-state index contributed by atoms with van der Waals surface area (Å²) in [7, 11) is 0. The highest BCUT2D eigenvalue weighted by atomic mass is 16.1. The summed E-state index contributed by atoms with van der Waals surface area (Å²) in [6, 6.07) is 9.58. The predicted octanol–water partition coefficient (Wildman–Crippen LogP) is 3.41. The van der Waals surface area contributed by atoms with Gasteiger partial charge in [-0.3, -0.25) is 14.3 Å². The quantitative estimate of drug-likeness (QED) is 0.743. The van der Waals surface area contributed by atoms with E-state index >= 15 is 0 Å². The Kier molecular flexibility index (Phi) is 3.75. The number of benzene rings is 1. The molecule has 0 N–H and O–H groups in total. The predicted molar refractivity (Wildman–Crippen MR) is 88.1 cm³/mol. The van der Waals surface area contributed by atoms with Crippen molar-refractivity contribution in [3.8, 4) is 0 Å². The van der Waals surface area contributed by atoms with Gasteiger partial charge in [0.2, 0.25) is 0 Å². The summed E-state index contributed by atoms with van der Waals surface area (Å²) in [5.41, 5.74) is 3.85. The molecule has 0 amide bonds. The van der Waals surface area contributed by atoms with Gasteiger partial charge in [0.15, 0.2) is 0 Å². The van der Waals surface area contributed by atoms with Crippen LogP contribution in [0.4, 0.5) is 0 Å². The number of fused-ring (bicyclic) bond motifs is 1. The molecule has 2 aromatic heterocycles. The Morgan fingerprint density at radius 1 is 1.18 bits per heavy atom. The summed E-state index contributed by atoms with van der Waals surface area (Å²) in [5, 5.41) is 0.653. The van der Waals surface area contributed by atoms with E-state index in [0.717, 1.165) is 28.8 Å². The third-order valence-electron chi connectivity index (χ3n) is 4.03. The van der Waals surface area contributed by atoms with Crippen LogP contribution in [0, 0.1) is 13.8 Å². The van der Waals surface area contributed by atoms with Crippen LogP contribution >= 0.6 is 0 Å². The average Bonchev–Trinajstić information content (AvgIpc) is 2.51. The van der Waals surface area contributed by atoms with Gasteiger partial charge in [0.25, 0.3) is 5.56 Å². The van der Waals surface area contributed by atoms with Crippen LogP contribution in [-0.4, -0.2) is 14.5 Å². The average molecular weight is 293 g/mol. The van der Waals surface area contributed by atoms with Crippen LogP contribution in [0.25, 0.3) is 10.9 Å². The molecule has 22 heavy (non-hydrogen) atoms. The lowest BCUT2D eigenvalue weighted by atomic mass is 10.1. The number of pyridine rings is 1. The molecule has 0 spiro atoms. The molecular weight excluding hydrogens is 274 g/mol. The first-order valence-corrected chi connectivity index (χ1v) is 7.51. The number of nitrogens with zero attached hydrogens (tertiary/aromatic N) is 3. The second-order valence-electron chi connectivity index (χ2n) is 5.61. The molecule has 3 rings (SSSR count). The maximum Gasteiger partial charge on any atom is 0.261 e. The van der Waals surface area contributed by atoms with Crippen LogP contribution in [0.1, 0.15) is 36.2 Å². The van der Waals surface area contributed by atoms with Crippen molar-refractivity contribution >= 4 is 10.9 Å². The van der Waals surface area contributed by atoms with E-state index in [0.29, 0.717) is 5.39 Å². The molecule has 0 fully saturated rings. The minimum absolute atomic E-state index is 0.0121. The summed E-state index contributed by atoms with van der Waals surface area (Å²) in [6.45, 7) is 6.08. The lowest BCUT2D eigenvalue weighted by molar-refractivity contribution is 0.528. The van der Waals surface area contributed by atoms with Crippen molar-refractivity contribution in [2.75, 3.05) is 0 Å². The zero-order chi connectivity index (χ0) is 15.7. The van der Waals surface area contributed by atoms with Crippen LogP contribution in [-0.2, 0) is 0 Å². The van der Waals surface area contributed by atoms with Crippen LogP contribution in [0.3, 0.4) is 0 Å². The molecule has 0 aliphatic carbocycles. The fraction of sp³-hybridized carbons (Fsp3) is 0.278. The summed E-state index contributed by atoms with van der Waals surface area (Å²) in [6.07, 6.45) is 4.21. The van der Waals surface area contributed by atoms with Crippen LogP contribution in [0.15, 0.2) is 47.7 Å². The second kappa shape index (κ2) is 5.72. The van der Waals surface area contributed by atoms with Gasteiger partial charge in [0.1, 0.15) is 0 Å². The minimum atomic E-state index is -0.0908. The van der Waals surface area contributed by atoms with E-state index in [1.54, 1.807) is 17.1 Å². The standard InChI is InChI=1S/C18H19N3O/c1-4-16(17-13(3)6-5-9-19-17)21-11-20-15-10-12(2)7-8-14(15)18(21)22/h5-11,16H,4H2,1-3H3. The molecular formula is C18H19N3O. The molecule has 112 valence electrons. The molecule has 1 aromatic carbocycles. The Balaban J connectivity index is 2.20. The number of rotatable bonds is 3. The van der Waals surface area contributed by atoms with E-state index in [2.05, 4.69) is 16.9 Å². The van der Waals surface area contributed by atoms with Crippen molar-refractivity contribution in [2.45, 2.75) is 33.2 Å². The molecule has 4 nitrogen and oxygen atoms in total. The van der Waals surface area contributed by atoms with Gasteiger partial charge in [-0.15, -0.1) is 0 Å². The molecule has 0 aliphatic rings. The molecule has 0 aliphatic heterocycles. The van der Waals surface area contributed by atoms with Gasteiger partial charge < -0.3 is 0 Å². The van der Waals surface area contributed by atoms with Gasteiger partial charge in [0.05, 0.1) is 29.0 Å². The summed E-state index contributed by atoms with van der Waals surface area (Å²) < 4.78 is 1.70. The third kappa shape index (κ3) is 2.41. The molecule has 1 atom stereocenters. The van der Waals surface area contributed by atoms with Gasteiger partial charge in [-0.05, 0) is 49.6 Å². The van der Waals surface area contributed by atoms with Gasteiger partial charge in [-0.25, -0.2) is 4.98 Å². The molecule has 3 aromatic rings. The zero-order valence-electron chi connectivity index (χ0n) is 13.1. The van der Waals surface area contributed by atoms with Crippen molar-refractivity contribution in [3.05, 3.63) is 70.0 Å². The molecule has 0 radical (unpaired) electrons. The topological polar surface area (TPSA) is 47.8 Å². The Morgan fingerprint density at radius 3 is 2.73 bits per heavy atom. The fourth-order valence-electron chi connectivity index (χ4n) is 2.84. The summed E-state index contributed by atoms with van der Waals surface area (Å²) in [5.74, 6) is 0. The van der Waals surface area contributed by atoms with E-state index < -0.39 is 0 Å². The maximum absolute atomic E-state index is 12.8. The second-order valence-corrected chi connectivity index (χ2v) is 5.61. The Bertz CT molecular complexity index is 883. The number of hydrogen-bond acceptors (Lipinski definition) is 3. The zero-order valence-corrected chi connectivity index (χ0v) is 13.1. The van der Waals surface area contributed by atoms with Crippen LogP contribution in [0.2, 0.25) is 0 Å². The Labute approximate surface area is 129 Å². The number of aromatic nitrogens is 3. The number of aryl methyl sites for hydroxylation is 2. The third-order valence-corrected chi connectivity index (χ3v) is 4.03. The fourth-order valence-corrected chi connectivity index (χ4v) is 2.84. The van der Waals surface area contributed by atoms with E-state index in [1.165, 1.54) is 0 Å². The van der Waals surface area contributed by atoms with E-state index in [9.17, 15) is 4.79 Å². The van der Waals surface area contributed by atoms with Gasteiger partial charge >= 0.3 is 0 Å². The molecule has 1 unspecified atom stereocenters. The van der Waals surface area contributed by atoms with Crippen LogP contribution < -0.4 is 5.56 Å². The largest absolute Gasteiger partial charge is 0.290 e. The van der Waals surface area contributed by atoms with Crippen molar-refractivity contribution in [2.24, 2.45) is 0 Å². The highest BCUT2D eigenvalue weighted by Gasteiger charge is 2.17. The maximum atomic E-state index is 12.8. The van der Waals surface area contributed by atoms with Crippen molar-refractivity contribution in [1.82, 2.24) is 14.5 Å². The minimum Gasteiger partial charge on any atom is -0.290 e.